The highest BCUT2D eigenvalue weighted by Crippen LogP contribution is 2.48. The number of ether oxygens (including phenoxy) is 3. The zero-order valence-electron chi connectivity index (χ0n) is 21.6. The van der Waals surface area contributed by atoms with E-state index in [1.165, 1.54) is 39.3 Å². The molecule has 0 saturated carbocycles. The van der Waals surface area contributed by atoms with E-state index in [4.69, 9.17) is 18.6 Å². The first-order valence-electron chi connectivity index (χ1n) is 12.1. The Balaban J connectivity index is 1.96. The standard InChI is InChI=1S/C28H30O10/c1-11(29)13-8-16-20(18(9-13)35-4)15-10-19(36-5)22-17(30)7-6-14(21(22)23(15)38-27(16)33)24-26(32)28(3,34)25(31)12(2)37-24/h6-12,24-26,29-32,34H,1-5H3. The molecule has 4 aromatic rings. The maximum atomic E-state index is 13.3. The van der Waals surface area contributed by atoms with E-state index in [2.05, 4.69) is 0 Å². The number of phenols is 1. The molecule has 3 aromatic carbocycles. The molecule has 0 radical (unpaired) electrons. The Morgan fingerprint density at radius 1 is 0.974 bits per heavy atom. The predicted molar refractivity (Wildman–Crippen MR) is 139 cm³/mol. The van der Waals surface area contributed by atoms with Crippen molar-refractivity contribution >= 4 is 32.5 Å². The van der Waals surface area contributed by atoms with Gasteiger partial charge in [0.25, 0.3) is 0 Å². The van der Waals surface area contributed by atoms with Crippen molar-refractivity contribution in [3.63, 3.8) is 0 Å². The fourth-order valence-electron chi connectivity index (χ4n) is 5.40. The van der Waals surface area contributed by atoms with Crippen molar-refractivity contribution in [1.29, 1.82) is 0 Å². The van der Waals surface area contributed by atoms with Crippen LogP contribution in [-0.4, -0.2) is 63.7 Å². The fourth-order valence-corrected chi connectivity index (χ4v) is 5.40. The van der Waals surface area contributed by atoms with Gasteiger partial charge in [0.15, 0.2) is 0 Å². The second-order valence-corrected chi connectivity index (χ2v) is 9.97. The Labute approximate surface area is 217 Å². The van der Waals surface area contributed by atoms with E-state index >= 15 is 0 Å². The van der Waals surface area contributed by atoms with Crippen LogP contribution in [0.2, 0.25) is 0 Å². The summed E-state index contributed by atoms with van der Waals surface area (Å²) < 4.78 is 23.0. The quantitative estimate of drug-likeness (QED) is 0.198. The van der Waals surface area contributed by atoms with Crippen LogP contribution in [-0.2, 0) is 4.74 Å². The summed E-state index contributed by atoms with van der Waals surface area (Å²) in [5.74, 6) is 0.383. The molecule has 0 bridgehead atoms. The normalized spacial score (nSPS) is 26.7. The van der Waals surface area contributed by atoms with Crippen molar-refractivity contribution < 1.29 is 44.2 Å². The second-order valence-electron chi connectivity index (χ2n) is 9.97. The van der Waals surface area contributed by atoms with Crippen LogP contribution in [0.1, 0.15) is 44.1 Å². The van der Waals surface area contributed by atoms with Crippen LogP contribution in [0.4, 0.5) is 0 Å². The third-order valence-electron chi connectivity index (χ3n) is 7.54. The summed E-state index contributed by atoms with van der Waals surface area (Å²) >= 11 is 0. The molecule has 1 aromatic heterocycles. The molecule has 0 amide bonds. The number of aliphatic hydroxyl groups is 4. The van der Waals surface area contributed by atoms with Gasteiger partial charge in [-0.25, -0.2) is 4.79 Å². The zero-order valence-corrected chi connectivity index (χ0v) is 21.6. The molecule has 2 heterocycles. The largest absolute Gasteiger partial charge is 0.507 e. The summed E-state index contributed by atoms with van der Waals surface area (Å²) in [6, 6.07) is 7.66. The third-order valence-corrected chi connectivity index (χ3v) is 7.54. The molecule has 0 spiro atoms. The van der Waals surface area contributed by atoms with Crippen molar-refractivity contribution in [2.75, 3.05) is 14.2 Å². The van der Waals surface area contributed by atoms with E-state index in [0.29, 0.717) is 27.6 Å². The summed E-state index contributed by atoms with van der Waals surface area (Å²) in [7, 11) is 2.86. The van der Waals surface area contributed by atoms with Gasteiger partial charge >= 0.3 is 5.63 Å². The van der Waals surface area contributed by atoms with Crippen LogP contribution in [0.15, 0.2) is 39.5 Å². The Morgan fingerprint density at radius 2 is 1.63 bits per heavy atom. The van der Waals surface area contributed by atoms with Gasteiger partial charge in [-0.05, 0) is 56.2 Å². The van der Waals surface area contributed by atoms with E-state index < -0.39 is 41.7 Å². The van der Waals surface area contributed by atoms with Gasteiger partial charge in [0.2, 0.25) is 0 Å². The average molecular weight is 527 g/mol. The number of aliphatic hydroxyl groups excluding tert-OH is 3. The minimum Gasteiger partial charge on any atom is -0.507 e. The van der Waals surface area contributed by atoms with Crippen LogP contribution in [0.5, 0.6) is 17.2 Å². The van der Waals surface area contributed by atoms with Crippen LogP contribution < -0.4 is 15.1 Å². The lowest BCUT2D eigenvalue weighted by Crippen LogP contribution is -2.61. The SMILES string of the molecule is COc1cc2c(oc(=O)c3cc(C(C)O)cc(OC)c32)c2c(C3OC(C)C(O)C(C)(O)C3O)ccc(O)c12. The summed E-state index contributed by atoms with van der Waals surface area (Å²) in [5.41, 5.74) is -1.80. The molecule has 10 heteroatoms. The monoisotopic (exact) mass is 526 g/mol. The first-order valence-corrected chi connectivity index (χ1v) is 12.1. The molecule has 6 unspecified atom stereocenters. The van der Waals surface area contributed by atoms with Crippen LogP contribution in [0.25, 0.3) is 32.5 Å². The summed E-state index contributed by atoms with van der Waals surface area (Å²) in [4.78, 5) is 13.3. The topological polar surface area (TPSA) is 159 Å². The van der Waals surface area contributed by atoms with Gasteiger partial charge in [-0.3, -0.25) is 0 Å². The Kier molecular flexibility index (Phi) is 6.28. The molecule has 1 saturated heterocycles. The molecule has 10 nitrogen and oxygen atoms in total. The number of hydrogen-bond donors (Lipinski definition) is 5. The maximum Gasteiger partial charge on any atom is 0.344 e. The molecular weight excluding hydrogens is 496 g/mol. The van der Waals surface area contributed by atoms with Crippen LogP contribution in [0, 0.1) is 0 Å². The smallest absolute Gasteiger partial charge is 0.344 e. The Hall–Kier alpha value is -3.41. The van der Waals surface area contributed by atoms with E-state index in [9.17, 15) is 30.3 Å². The van der Waals surface area contributed by atoms with Crippen molar-refractivity contribution in [3.8, 4) is 17.2 Å². The van der Waals surface area contributed by atoms with Gasteiger partial charge < -0.3 is 44.2 Å². The highest BCUT2D eigenvalue weighted by molar-refractivity contribution is 6.19. The highest BCUT2D eigenvalue weighted by atomic mass is 16.5. The van der Waals surface area contributed by atoms with Crippen LogP contribution >= 0.6 is 0 Å². The van der Waals surface area contributed by atoms with E-state index in [1.807, 2.05) is 0 Å². The predicted octanol–water partition coefficient (Wildman–Crippen LogP) is 2.81. The van der Waals surface area contributed by atoms with Gasteiger partial charge in [-0.2, -0.15) is 0 Å². The molecule has 38 heavy (non-hydrogen) atoms. The summed E-state index contributed by atoms with van der Waals surface area (Å²) in [6.07, 6.45) is -5.82. The van der Waals surface area contributed by atoms with E-state index in [0.717, 1.165) is 0 Å². The van der Waals surface area contributed by atoms with Gasteiger partial charge in [-0.15, -0.1) is 0 Å². The third kappa shape index (κ3) is 3.71. The molecule has 6 atom stereocenters. The van der Waals surface area contributed by atoms with Gasteiger partial charge in [0.1, 0.15) is 46.7 Å². The molecule has 5 rings (SSSR count). The number of fused-ring (bicyclic) bond motifs is 5. The molecule has 0 aliphatic carbocycles. The lowest BCUT2D eigenvalue weighted by Gasteiger charge is -2.46. The summed E-state index contributed by atoms with van der Waals surface area (Å²) in [6.45, 7) is 4.45. The second kappa shape index (κ2) is 9.11. The molecule has 1 aliphatic rings. The zero-order chi connectivity index (χ0) is 27.7. The molecular formula is C28H30O10. The van der Waals surface area contributed by atoms with Gasteiger partial charge in [0.05, 0.1) is 37.2 Å². The van der Waals surface area contributed by atoms with Gasteiger partial charge in [-0.1, -0.05) is 6.07 Å². The van der Waals surface area contributed by atoms with E-state index in [1.54, 1.807) is 26.0 Å². The molecule has 1 aliphatic heterocycles. The summed E-state index contributed by atoms with van der Waals surface area (Å²) in [5, 5.41) is 54.9. The fraction of sp³-hybridized carbons (Fsp3) is 0.393. The minimum absolute atomic E-state index is 0.0708. The lowest BCUT2D eigenvalue weighted by atomic mass is 9.80. The number of phenolic OH excluding ortho intramolecular Hbond substituents is 1. The average Bonchev–Trinajstić information content (AvgIpc) is 2.89. The highest BCUT2D eigenvalue weighted by Gasteiger charge is 2.51. The minimum atomic E-state index is -1.92. The first kappa shape index (κ1) is 26.2. The van der Waals surface area contributed by atoms with Gasteiger partial charge in [0, 0.05) is 16.2 Å². The number of benzene rings is 3. The number of rotatable bonds is 4. The number of aromatic hydroxyl groups is 1. The number of methoxy groups -OCH3 is 2. The maximum absolute atomic E-state index is 13.3. The molecule has 202 valence electrons. The molecule has 1 fully saturated rings. The van der Waals surface area contributed by atoms with Crippen molar-refractivity contribution in [2.45, 2.75) is 56.9 Å². The Bertz CT molecular complexity index is 1620. The van der Waals surface area contributed by atoms with Crippen molar-refractivity contribution in [2.24, 2.45) is 0 Å². The molecule has 5 N–H and O–H groups in total. The van der Waals surface area contributed by atoms with E-state index in [-0.39, 0.29) is 33.2 Å². The Morgan fingerprint density at radius 3 is 2.26 bits per heavy atom. The first-order chi connectivity index (χ1) is 17.9. The van der Waals surface area contributed by atoms with Crippen molar-refractivity contribution in [3.05, 3.63) is 51.9 Å². The number of hydrogen-bond acceptors (Lipinski definition) is 10. The van der Waals surface area contributed by atoms with Crippen LogP contribution in [0.3, 0.4) is 0 Å². The van der Waals surface area contributed by atoms with Crippen molar-refractivity contribution in [1.82, 2.24) is 0 Å². The lowest BCUT2D eigenvalue weighted by molar-refractivity contribution is -0.261.